The number of benzene rings is 1. The van der Waals surface area contributed by atoms with Crippen molar-refractivity contribution >= 4 is 34.8 Å². The first-order chi connectivity index (χ1) is 9.08. The summed E-state index contributed by atoms with van der Waals surface area (Å²) in [4.78, 5) is 12.1. The van der Waals surface area contributed by atoms with Gasteiger partial charge in [-0.05, 0) is 30.9 Å². The van der Waals surface area contributed by atoms with Gasteiger partial charge in [-0.15, -0.1) is 0 Å². The van der Waals surface area contributed by atoms with Gasteiger partial charge in [0.05, 0.1) is 10.6 Å². The summed E-state index contributed by atoms with van der Waals surface area (Å²) in [6.45, 7) is 0.692. The first-order valence-corrected chi connectivity index (χ1v) is 7.36. The highest BCUT2D eigenvalue weighted by atomic mass is 35.5. The van der Waals surface area contributed by atoms with Crippen LogP contribution in [0.2, 0.25) is 10.0 Å². The van der Waals surface area contributed by atoms with Crippen molar-refractivity contribution in [3.05, 3.63) is 27.7 Å². The summed E-state index contributed by atoms with van der Waals surface area (Å²) in [5, 5.41) is 3.66. The lowest BCUT2D eigenvalue weighted by molar-refractivity contribution is 0.0944. The molecule has 2 rings (SSSR count). The van der Waals surface area contributed by atoms with E-state index in [0.29, 0.717) is 33.8 Å². The van der Waals surface area contributed by atoms with Gasteiger partial charge < -0.3 is 11.1 Å². The summed E-state index contributed by atoms with van der Waals surface area (Å²) < 4.78 is 0. The zero-order chi connectivity index (χ0) is 13.8. The van der Waals surface area contributed by atoms with Crippen LogP contribution in [0, 0.1) is 5.92 Å². The molecule has 1 saturated carbocycles. The van der Waals surface area contributed by atoms with Crippen molar-refractivity contribution in [2.45, 2.75) is 32.1 Å². The number of nitrogen functional groups attached to an aromatic ring is 1. The summed E-state index contributed by atoms with van der Waals surface area (Å²) in [5.74, 6) is 0.356. The number of rotatable bonds is 3. The molecule has 3 nitrogen and oxygen atoms in total. The van der Waals surface area contributed by atoms with Crippen LogP contribution in [0.3, 0.4) is 0 Å². The van der Waals surface area contributed by atoms with E-state index in [0.717, 1.165) is 0 Å². The predicted octanol–water partition coefficient (Wildman–Crippen LogP) is 3.89. The SMILES string of the molecule is Nc1cc(Cl)cc(Cl)c1C(=O)NCC1CCCCC1. The molecule has 0 aliphatic heterocycles. The van der Waals surface area contributed by atoms with Gasteiger partial charge in [0.25, 0.3) is 5.91 Å². The highest BCUT2D eigenvalue weighted by Crippen LogP contribution is 2.27. The lowest BCUT2D eigenvalue weighted by Gasteiger charge is -2.22. The van der Waals surface area contributed by atoms with Gasteiger partial charge in [0.1, 0.15) is 0 Å². The van der Waals surface area contributed by atoms with Crippen LogP contribution in [-0.4, -0.2) is 12.5 Å². The second-order valence-electron chi connectivity index (χ2n) is 5.07. The molecular formula is C14H18Cl2N2O. The van der Waals surface area contributed by atoms with Crippen molar-refractivity contribution in [1.29, 1.82) is 0 Å². The summed E-state index contributed by atoms with van der Waals surface area (Å²) in [6.07, 6.45) is 6.18. The van der Waals surface area contributed by atoms with Crippen molar-refractivity contribution in [2.75, 3.05) is 12.3 Å². The average molecular weight is 301 g/mol. The van der Waals surface area contributed by atoms with Crippen LogP contribution in [0.4, 0.5) is 5.69 Å². The summed E-state index contributed by atoms with van der Waals surface area (Å²) >= 11 is 11.9. The molecule has 0 spiro atoms. The zero-order valence-corrected chi connectivity index (χ0v) is 12.2. The van der Waals surface area contributed by atoms with Crippen LogP contribution in [0.25, 0.3) is 0 Å². The molecule has 3 N–H and O–H groups in total. The first kappa shape index (κ1) is 14.5. The van der Waals surface area contributed by atoms with Crippen LogP contribution >= 0.6 is 23.2 Å². The number of nitrogens with two attached hydrogens (primary N) is 1. The highest BCUT2D eigenvalue weighted by molar-refractivity contribution is 6.37. The molecule has 0 aromatic heterocycles. The lowest BCUT2D eigenvalue weighted by Crippen LogP contribution is -2.31. The van der Waals surface area contributed by atoms with Crippen LogP contribution in [0.15, 0.2) is 12.1 Å². The van der Waals surface area contributed by atoms with E-state index in [2.05, 4.69) is 5.32 Å². The molecule has 0 saturated heterocycles. The van der Waals surface area contributed by atoms with Crippen molar-refractivity contribution in [3.63, 3.8) is 0 Å². The minimum absolute atomic E-state index is 0.218. The standard InChI is InChI=1S/C14H18Cl2N2O/c15-10-6-11(16)13(12(17)7-10)14(19)18-8-9-4-2-1-3-5-9/h6-7,9H,1-5,8,17H2,(H,18,19). The van der Waals surface area contributed by atoms with Gasteiger partial charge in [-0.25, -0.2) is 0 Å². The fraction of sp³-hybridized carbons (Fsp3) is 0.500. The third-order valence-electron chi connectivity index (χ3n) is 3.59. The molecule has 1 aliphatic rings. The molecule has 1 fully saturated rings. The molecule has 0 unspecified atom stereocenters. The van der Waals surface area contributed by atoms with Crippen LogP contribution in [0.5, 0.6) is 0 Å². The Kier molecular flexibility index (Phi) is 4.94. The van der Waals surface area contributed by atoms with E-state index in [1.165, 1.54) is 38.2 Å². The molecular weight excluding hydrogens is 283 g/mol. The van der Waals surface area contributed by atoms with Crippen LogP contribution < -0.4 is 11.1 Å². The second-order valence-corrected chi connectivity index (χ2v) is 5.91. The normalized spacial score (nSPS) is 16.3. The fourth-order valence-electron chi connectivity index (χ4n) is 2.55. The molecule has 104 valence electrons. The Bertz CT molecular complexity index is 448. The number of nitrogens with one attached hydrogen (secondary N) is 1. The first-order valence-electron chi connectivity index (χ1n) is 6.60. The number of hydrogen-bond donors (Lipinski definition) is 2. The van der Waals surface area contributed by atoms with Crippen molar-refractivity contribution < 1.29 is 4.79 Å². The van der Waals surface area contributed by atoms with Gasteiger partial charge >= 0.3 is 0 Å². The van der Waals surface area contributed by atoms with E-state index < -0.39 is 0 Å². The number of anilines is 1. The van der Waals surface area contributed by atoms with Gasteiger partial charge in [-0.2, -0.15) is 0 Å². The molecule has 5 heteroatoms. The van der Waals surface area contributed by atoms with E-state index in [1.54, 1.807) is 6.07 Å². The molecule has 0 atom stereocenters. The topological polar surface area (TPSA) is 55.1 Å². The van der Waals surface area contributed by atoms with Crippen molar-refractivity contribution in [2.24, 2.45) is 5.92 Å². The Morgan fingerprint density at radius 3 is 2.58 bits per heavy atom. The van der Waals surface area contributed by atoms with Gasteiger partial charge in [0.15, 0.2) is 0 Å². The molecule has 1 aromatic rings. The maximum atomic E-state index is 12.1. The molecule has 1 aromatic carbocycles. The van der Waals surface area contributed by atoms with E-state index in [-0.39, 0.29) is 5.91 Å². The summed E-state index contributed by atoms with van der Waals surface area (Å²) in [6, 6.07) is 3.08. The number of carbonyl (C=O) groups excluding carboxylic acids is 1. The monoisotopic (exact) mass is 300 g/mol. The zero-order valence-electron chi connectivity index (χ0n) is 10.7. The van der Waals surface area contributed by atoms with Crippen molar-refractivity contribution in [1.82, 2.24) is 5.32 Å². The van der Waals surface area contributed by atoms with Gasteiger partial charge in [0, 0.05) is 17.3 Å². The average Bonchev–Trinajstić information content (AvgIpc) is 2.36. The Morgan fingerprint density at radius 2 is 1.95 bits per heavy atom. The lowest BCUT2D eigenvalue weighted by atomic mass is 9.89. The maximum absolute atomic E-state index is 12.1. The fourth-order valence-corrected chi connectivity index (χ4v) is 3.14. The predicted molar refractivity (Wildman–Crippen MR) is 79.8 cm³/mol. The molecule has 19 heavy (non-hydrogen) atoms. The Balaban J connectivity index is 1.99. The van der Waals surface area contributed by atoms with Crippen LogP contribution in [0.1, 0.15) is 42.5 Å². The van der Waals surface area contributed by atoms with Gasteiger partial charge in [-0.1, -0.05) is 42.5 Å². The third kappa shape index (κ3) is 3.77. The Morgan fingerprint density at radius 1 is 1.26 bits per heavy atom. The van der Waals surface area contributed by atoms with Crippen molar-refractivity contribution in [3.8, 4) is 0 Å². The number of carbonyl (C=O) groups is 1. The highest BCUT2D eigenvalue weighted by Gasteiger charge is 2.18. The van der Waals surface area contributed by atoms with E-state index in [1.807, 2.05) is 0 Å². The molecule has 1 amide bonds. The minimum Gasteiger partial charge on any atom is -0.398 e. The van der Waals surface area contributed by atoms with E-state index in [4.69, 9.17) is 28.9 Å². The summed E-state index contributed by atoms with van der Waals surface area (Å²) in [5.41, 5.74) is 6.44. The quantitative estimate of drug-likeness (QED) is 0.832. The van der Waals surface area contributed by atoms with Crippen LogP contribution in [-0.2, 0) is 0 Å². The number of halogens is 2. The second kappa shape index (κ2) is 6.49. The number of hydrogen-bond acceptors (Lipinski definition) is 2. The number of amides is 1. The maximum Gasteiger partial charge on any atom is 0.254 e. The van der Waals surface area contributed by atoms with Gasteiger partial charge in [0.2, 0.25) is 0 Å². The summed E-state index contributed by atoms with van der Waals surface area (Å²) in [7, 11) is 0. The molecule has 0 heterocycles. The van der Waals surface area contributed by atoms with Gasteiger partial charge in [-0.3, -0.25) is 4.79 Å². The largest absolute Gasteiger partial charge is 0.398 e. The molecule has 0 bridgehead atoms. The Hall–Kier alpha value is -0.930. The third-order valence-corrected chi connectivity index (χ3v) is 4.10. The molecule has 0 radical (unpaired) electrons. The molecule has 1 aliphatic carbocycles. The Labute approximate surface area is 123 Å². The minimum atomic E-state index is -0.218. The smallest absolute Gasteiger partial charge is 0.254 e. The van der Waals surface area contributed by atoms with E-state index in [9.17, 15) is 4.79 Å². The van der Waals surface area contributed by atoms with E-state index >= 15 is 0 Å².